The van der Waals surface area contributed by atoms with Crippen molar-refractivity contribution in [3.05, 3.63) is 99.3 Å². The van der Waals surface area contributed by atoms with Gasteiger partial charge < -0.3 is 10.1 Å². The van der Waals surface area contributed by atoms with Gasteiger partial charge >= 0.3 is 5.97 Å². The van der Waals surface area contributed by atoms with E-state index >= 15 is 0 Å². The summed E-state index contributed by atoms with van der Waals surface area (Å²) in [5.41, 5.74) is 1.72. The molecular weight excluding hydrogens is 597 g/mol. The predicted octanol–water partition coefficient (Wildman–Crippen LogP) is 8.03. The van der Waals surface area contributed by atoms with Crippen LogP contribution in [0.25, 0.3) is 22.2 Å². The standard InChI is InChI=1S/C32H30BrF3N2O3/c1-18-27(22-16-21(33)11-14-25(22)38-30(18)19-8-6-5-7-9-19)31(40)37-17-20(10-15-26(39)41-32(2,3)4)28-23(34)12-13-24(35)29(28)36/h5-9,11-14,16,20H,10,15,17H2,1-4H3,(H,37,40). The molecule has 0 aliphatic carbocycles. The molecule has 0 spiro atoms. The quantitative estimate of drug-likeness (QED) is 0.159. The van der Waals surface area contributed by atoms with E-state index in [9.17, 15) is 22.8 Å². The number of ether oxygens (including phenoxy) is 1. The zero-order valence-electron chi connectivity index (χ0n) is 23.2. The third-order valence-electron chi connectivity index (χ3n) is 6.58. The van der Waals surface area contributed by atoms with Gasteiger partial charge in [-0.3, -0.25) is 9.59 Å². The fourth-order valence-corrected chi connectivity index (χ4v) is 5.12. The average molecular weight is 628 g/mol. The van der Waals surface area contributed by atoms with Crippen molar-refractivity contribution in [2.75, 3.05) is 6.54 Å². The Morgan fingerprint density at radius 3 is 2.37 bits per heavy atom. The zero-order valence-corrected chi connectivity index (χ0v) is 24.7. The van der Waals surface area contributed by atoms with Crippen molar-refractivity contribution in [3.63, 3.8) is 0 Å². The van der Waals surface area contributed by atoms with Crippen LogP contribution in [0.5, 0.6) is 0 Å². The summed E-state index contributed by atoms with van der Waals surface area (Å²) in [6, 6.07) is 16.4. The average Bonchev–Trinajstić information content (AvgIpc) is 2.91. The van der Waals surface area contributed by atoms with Gasteiger partial charge in [-0.05, 0) is 70.0 Å². The number of rotatable bonds is 8. The van der Waals surface area contributed by atoms with Crippen LogP contribution < -0.4 is 5.32 Å². The van der Waals surface area contributed by atoms with Crippen molar-refractivity contribution in [2.24, 2.45) is 0 Å². The van der Waals surface area contributed by atoms with E-state index in [-0.39, 0.29) is 19.4 Å². The number of amides is 1. The number of fused-ring (bicyclic) bond motifs is 1. The monoisotopic (exact) mass is 626 g/mol. The number of halogens is 4. The van der Waals surface area contributed by atoms with Gasteiger partial charge in [0.1, 0.15) is 11.4 Å². The Hall–Kier alpha value is -3.72. The maximum Gasteiger partial charge on any atom is 0.306 e. The Kier molecular flexibility index (Phi) is 9.17. The Bertz CT molecular complexity index is 1600. The molecule has 4 aromatic rings. The molecule has 41 heavy (non-hydrogen) atoms. The summed E-state index contributed by atoms with van der Waals surface area (Å²) >= 11 is 3.45. The van der Waals surface area contributed by atoms with Gasteiger partial charge in [0, 0.05) is 39.9 Å². The third-order valence-corrected chi connectivity index (χ3v) is 7.07. The van der Waals surface area contributed by atoms with Crippen molar-refractivity contribution >= 4 is 38.7 Å². The van der Waals surface area contributed by atoms with Crippen LogP contribution in [0.15, 0.2) is 65.1 Å². The summed E-state index contributed by atoms with van der Waals surface area (Å²) in [6.07, 6.45) is -0.265. The first-order chi connectivity index (χ1) is 19.4. The van der Waals surface area contributed by atoms with E-state index in [1.807, 2.05) is 36.4 Å². The minimum Gasteiger partial charge on any atom is -0.460 e. The molecule has 3 aromatic carbocycles. The molecule has 0 saturated carbocycles. The number of aromatic nitrogens is 1. The van der Waals surface area contributed by atoms with E-state index in [0.29, 0.717) is 33.8 Å². The van der Waals surface area contributed by atoms with E-state index in [4.69, 9.17) is 9.72 Å². The minimum absolute atomic E-state index is 0.0800. The van der Waals surface area contributed by atoms with Crippen molar-refractivity contribution in [1.82, 2.24) is 10.3 Å². The molecule has 0 aliphatic heterocycles. The van der Waals surface area contributed by atoms with Crippen LogP contribution in [0, 0.1) is 24.4 Å². The van der Waals surface area contributed by atoms with E-state index in [1.54, 1.807) is 39.8 Å². The van der Waals surface area contributed by atoms with E-state index in [0.717, 1.165) is 16.1 Å². The first-order valence-corrected chi connectivity index (χ1v) is 13.9. The highest BCUT2D eigenvalue weighted by Gasteiger charge is 2.27. The molecule has 0 fully saturated rings. The zero-order chi connectivity index (χ0) is 29.9. The maximum atomic E-state index is 14.9. The van der Waals surface area contributed by atoms with Crippen LogP contribution in [-0.4, -0.2) is 29.0 Å². The summed E-state index contributed by atoms with van der Waals surface area (Å²) in [5.74, 6) is -5.65. The van der Waals surface area contributed by atoms with Crippen LogP contribution in [0.4, 0.5) is 13.2 Å². The predicted molar refractivity (Wildman–Crippen MR) is 156 cm³/mol. The van der Waals surface area contributed by atoms with Crippen molar-refractivity contribution in [1.29, 1.82) is 0 Å². The van der Waals surface area contributed by atoms with E-state index < -0.39 is 46.4 Å². The van der Waals surface area contributed by atoms with E-state index in [1.165, 1.54) is 0 Å². The lowest BCUT2D eigenvalue weighted by molar-refractivity contribution is -0.155. The number of pyridine rings is 1. The lowest BCUT2D eigenvalue weighted by atomic mass is 9.92. The summed E-state index contributed by atoms with van der Waals surface area (Å²) in [6.45, 7) is 6.65. The molecule has 5 nitrogen and oxygen atoms in total. The lowest BCUT2D eigenvalue weighted by Gasteiger charge is -2.23. The summed E-state index contributed by atoms with van der Waals surface area (Å²) in [7, 11) is 0. The highest BCUT2D eigenvalue weighted by molar-refractivity contribution is 9.10. The van der Waals surface area contributed by atoms with Gasteiger partial charge in [0.05, 0.1) is 16.8 Å². The van der Waals surface area contributed by atoms with Crippen LogP contribution in [0.3, 0.4) is 0 Å². The number of benzene rings is 3. The van der Waals surface area contributed by atoms with Crippen LogP contribution in [0.1, 0.15) is 61.0 Å². The molecule has 1 N–H and O–H groups in total. The molecule has 1 amide bonds. The summed E-state index contributed by atoms with van der Waals surface area (Å²) in [5, 5.41) is 3.37. The van der Waals surface area contributed by atoms with Crippen LogP contribution in [0.2, 0.25) is 0 Å². The summed E-state index contributed by atoms with van der Waals surface area (Å²) in [4.78, 5) is 31.0. The van der Waals surface area contributed by atoms with Gasteiger partial charge in [0.25, 0.3) is 5.91 Å². The first-order valence-electron chi connectivity index (χ1n) is 13.1. The van der Waals surface area contributed by atoms with E-state index in [2.05, 4.69) is 21.2 Å². The first kappa shape index (κ1) is 30.2. The second-order valence-electron chi connectivity index (χ2n) is 10.8. The second-order valence-corrected chi connectivity index (χ2v) is 11.7. The van der Waals surface area contributed by atoms with Gasteiger partial charge in [-0.1, -0.05) is 46.3 Å². The molecule has 1 atom stereocenters. The highest BCUT2D eigenvalue weighted by atomic mass is 79.9. The van der Waals surface area contributed by atoms with Gasteiger partial charge in [0.2, 0.25) is 0 Å². The molecule has 214 valence electrons. The second kappa shape index (κ2) is 12.4. The lowest BCUT2D eigenvalue weighted by Crippen LogP contribution is -2.31. The number of nitrogens with zero attached hydrogens (tertiary/aromatic N) is 1. The van der Waals surface area contributed by atoms with Crippen LogP contribution in [-0.2, 0) is 9.53 Å². The molecule has 1 unspecified atom stereocenters. The molecule has 0 aliphatic rings. The number of carbonyl (C=O) groups is 2. The Balaban J connectivity index is 1.70. The normalized spacial score (nSPS) is 12.3. The smallest absolute Gasteiger partial charge is 0.306 e. The Morgan fingerprint density at radius 2 is 1.68 bits per heavy atom. The fraction of sp³-hybridized carbons (Fsp3) is 0.281. The molecule has 0 saturated heterocycles. The highest BCUT2D eigenvalue weighted by Crippen LogP contribution is 2.32. The third kappa shape index (κ3) is 7.14. The van der Waals surface area contributed by atoms with Gasteiger partial charge in [0.15, 0.2) is 11.6 Å². The largest absolute Gasteiger partial charge is 0.460 e. The van der Waals surface area contributed by atoms with Gasteiger partial charge in [-0.2, -0.15) is 0 Å². The number of hydrogen-bond acceptors (Lipinski definition) is 4. The van der Waals surface area contributed by atoms with Crippen molar-refractivity contribution in [3.8, 4) is 11.3 Å². The molecule has 1 heterocycles. The summed E-state index contributed by atoms with van der Waals surface area (Å²) < 4.78 is 49.9. The maximum absolute atomic E-state index is 14.9. The Labute approximate surface area is 245 Å². The van der Waals surface area contributed by atoms with Crippen molar-refractivity contribution in [2.45, 2.75) is 52.1 Å². The number of nitrogens with one attached hydrogen (secondary N) is 1. The van der Waals surface area contributed by atoms with Crippen LogP contribution >= 0.6 is 15.9 Å². The molecule has 4 rings (SSSR count). The molecular formula is C32H30BrF3N2O3. The number of hydrogen-bond donors (Lipinski definition) is 1. The molecule has 9 heteroatoms. The molecule has 1 aromatic heterocycles. The topological polar surface area (TPSA) is 68.3 Å². The minimum atomic E-state index is -1.35. The number of carbonyl (C=O) groups excluding carboxylic acids is 2. The fourth-order valence-electron chi connectivity index (χ4n) is 4.75. The molecule has 0 bridgehead atoms. The van der Waals surface area contributed by atoms with Gasteiger partial charge in [-0.15, -0.1) is 0 Å². The molecule has 0 radical (unpaired) electrons. The SMILES string of the molecule is Cc1c(-c2ccccc2)nc2ccc(Br)cc2c1C(=O)NCC(CCC(=O)OC(C)(C)C)c1c(F)ccc(F)c1F. The van der Waals surface area contributed by atoms with Gasteiger partial charge in [-0.25, -0.2) is 18.2 Å². The Morgan fingerprint density at radius 1 is 1.00 bits per heavy atom. The van der Waals surface area contributed by atoms with Crippen molar-refractivity contribution < 1.29 is 27.5 Å². The number of esters is 1.